The monoisotopic (exact) mass is 321 g/mol. The highest BCUT2D eigenvalue weighted by Crippen LogP contribution is 2.36. The lowest BCUT2D eigenvalue weighted by atomic mass is 10.1. The van der Waals surface area contributed by atoms with Crippen LogP contribution in [-0.4, -0.2) is 45.6 Å². The number of aromatic nitrogens is 1. The minimum atomic E-state index is -1.65. The molecular weight excluding hydrogens is 290 g/mol. The zero-order valence-corrected chi connectivity index (χ0v) is 15.7. The van der Waals surface area contributed by atoms with Gasteiger partial charge >= 0.3 is 0 Å². The molecule has 1 N–H and O–H groups in total. The first-order chi connectivity index (χ1) is 10.3. The molecular formula is C17H31N3OSi. The molecule has 0 unspecified atom stereocenters. The fourth-order valence-corrected chi connectivity index (χ4v) is 3.57. The van der Waals surface area contributed by atoms with Crippen LogP contribution in [0.5, 0.6) is 0 Å². The van der Waals surface area contributed by atoms with Gasteiger partial charge in [-0.05, 0) is 36.7 Å². The molecule has 0 aliphatic carbocycles. The van der Waals surface area contributed by atoms with Gasteiger partial charge in [-0.25, -0.2) is 4.98 Å². The van der Waals surface area contributed by atoms with Crippen LogP contribution in [0.15, 0.2) is 24.4 Å². The van der Waals surface area contributed by atoms with Crippen molar-refractivity contribution < 1.29 is 4.43 Å². The van der Waals surface area contributed by atoms with Crippen molar-refractivity contribution in [2.45, 2.75) is 51.4 Å². The van der Waals surface area contributed by atoms with Crippen LogP contribution in [0.25, 0.3) is 0 Å². The van der Waals surface area contributed by atoms with Gasteiger partial charge < -0.3 is 14.6 Å². The van der Waals surface area contributed by atoms with E-state index in [1.807, 2.05) is 12.3 Å². The minimum Gasteiger partial charge on any atom is -0.417 e. The predicted molar refractivity (Wildman–Crippen MR) is 96.0 cm³/mol. The summed E-state index contributed by atoms with van der Waals surface area (Å²) in [6.45, 7) is 15.4. The smallest absolute Gasteiger partial charge is 0.191 e. The zero-order chi connectivity index (χ0) is 16.2. The fourth-order valence-electron chi connectivity index (χ4n) is 2.51. The minimum absolute atomic E-state index is 0.276. The Morgan fingerprint density at radius 1 is 1.36 bits per heavy atom. The molecule has 1 saturated heterocycles. The Hall–Kier alpha value is -0.913. The number of hydrogen-bond donors (Lipinski definition) is 1. The summed E-state index contributed by atoms with van der Waals surface area (Å²) in [6.07, 6.45) is 2.93. The quantitative estimate of drug-likeness (QED) is 0.845. The molecule has 1 aliphatic rings. The second-order valence-corrected chi connectivity index (χ2v) is 12.4. The highest BCUT2D eigenvalue weighted by Gasteiger charge is 2.37. The second kappa shape index (κ2) is 7.11. The first-order valence-corrected chi connectivity index (χ1v) is 11.2. The second-order valence-electron chi connectivity index (χ2n) is 7.64. The van der Waals surface area contributed by atoms with Gasteiger partial charge in [0.1, 0.15) is 5.82 Å². The van der Waals surface area contributed by atoms with E-state index in [2.05, 4.69) is 61.2 Å². The van der Waals surface area contributed by atoms with Gasteiger partial charge in [-0.1, -0.05) is 26.8 Å². The molecule has 4 nitrogen and oxygen atoms in total. The van der Waals surface area contributed by atoms with Crippen LogP contribution in [0.4, 0.5) is 5.82 Å². The normalized spacial score (nSPS) is 20.2. The SMILES string of the molecule is CC(C)(C)[Si](C)(C)OCC[C@@H]1CNCCN1c1ccccn1. The highest BCUT2D eigenvalue weighted by atomic mass is 28.4. The number of piperazine rings is 1. The molecule has 22 heavy (non-hydrogen) atoms. The Bertz CT molecular complexity index is 459. The van der Waals surface area contributed by atoms with Crippen molar-refractivity contribution in [1.82, 2.24) is 10.3 Å². The van der Waals surface area contributed by atoms with E-state index < -0.39 is 8.32 Å². The summed E-state index contributed by atoms with van der Waals surface area (Å²) in [4.78, 5) is 6.94. The Labute approximate surface area is 136 Å². The summed E-state index contributed by atoms with van der Waals surface area (Å²) >= 11 is 0. The van der Waals surface area contributed by atoms with E-state index in [9.17, 15) is 0 Å². The van der Waals surface area contributed by atoms with Crippen LogP contribution >= 0.6 is 0 Å². The topological polar surface area (TPSA) is 37.4 Å². The lowest BCUT2D eigenvalue weighted by Crippen LogP contribution is -2.52. The maximum absolute atomic E-state index is 6.34. The van der Waals surface area contributed by atoms with Gasteiger partial charge in [0.25, 0.3) is 0 Å². The van der Waals surface area contributed by atoms with Crippen LogP contribution in [0.3, 0.4) is 0 Å². The third kappa shape index (κ3) is 4.30. The highest BCUT2D eigenvalue weighted by molar-refractivity contribution is 6.74. The van der Waals surface area contributed by atoms with Crippen molar-refractivity contribution in [2.75, 3.05) is 31.1 Å². The standard InChI is InChI=1S/C17H31N3OSi/c1-17(2,3)22(4,5)21-13-9-15-14-18-11-12-20(15)16-8-6-7-10-19-16/h6-8,10,15,18H,9,11-14H2,1-5H3/t15-/m1/s1. The molecule has 0 spiro atoms. The average molecular weight is 322 g/mol. The third-order valence-corrected chi connectivity index (χ3v) is 9.55. The van der Waals surface area contributed by atoms with E-state index in [4.69, 9.17) is 4.43 Å². The van der Waals surface area contributed by atoms with E-state index in [0.29, 0.717) is 6.04 Å². The van der Waals surface area contributed by atoms with E-state index >= 15 is 0 Å². The Kier molecular flexibility index (Phi) is 5.63. The van der Waals surface area contributed by atoms with Crippen LogP contribution in [0.2, 0.25) is 18.1 Å². The molecule has 0 saturated carbocycles. The Morgan fingerprint density at radius 2 is 2.14 bits per heavy atom. The van der Waals surface area contributed by atoms with Crippen molar-refractivity contribution in [1.29, 1.82) is 0 Å². The molecule has 1 atom stereocenters. The Morgan fingerprint density at radius 3 is 2.77 bits per heavy atom. The number of pyridine rings is 1. The number of hydrogen-bond acceptors (Lipinski definition) is 4. The lowest BCUT2D eigenvalue weighted by molar-refractivity contribution is 0.263. The summed E-state index contributed by atoms with van der Waals surface area (Å²) in [5.74, 6) is 1.08. The van der Waals surface area contributed by atoms with Gasteiger partial charge in [0.05, 0.1) is 0 Å². The van der Waals surface area contributed by atoms with Crippen LogP contribution < -0.4 is 10.2 Å². The molecule has 1 aromatic heterocycles. The zero-order valence-electron chi connectivity index (χ0n) is 14.7. The number of nitrogens with zero attached hydrogens (tertiary/aromatic N) is 2. The lowest BCUT2D eigenvalue weighted by Gasteiger charge is -2.39. The first-order valence-electron chi connectivity index (χ1n) is 8.33. The Balaban J connectivity index is 1.93. The number of rotatable bonds is 5. The van der Waals surface area contributed by atoms with Gasteiger partial charge in [0.2, 0.25) is 0 Å². The molecule has 0 radical (unpaired) electrons. The third-order valence-electron chi connectivity index (χ3n) is 5.01. The first kappa shape index (κ1) is 17.4. The van der Waals surface area contributed by atoms with Gasteiger partial charge in [-0.3, -0.25) is 0 Å². The summed E-state index contributed by atoms with van der Waals surface area (Å²) in [5.41, 5.74) is 0. The van der Waals surface area contributed by atoms with Crippen LogP contribution in [0.1, 0.15) is 27.2 Å². The van der Waals surface area contributed by atoms with Crippen molar-refractivity contribution >= 4 is 14.1 Å². The average Bonchev–Trinajstić information content (AvgIpc) is 2.47. The summed E-state index contributed by atoms with van der Waals surface area (Å²) in [6, 6.07) is 6.61. The molecule has 124 valence electrons. The van der Waals surface area contributed by atoms with Crippen molar-refractivity contribution in [3.63, 3.8) is 0 Å². The molecule has 0 bridgehead atoms. The number of nitrogens with one attached hydrogen (secondary N) is 1. The summed E-state index contributed by atoms with van der Waals surface area (Å²) < 4.78 is 6.34. The molecule has 1 aromatic rings. The summed E-state index contributed by atoms with van der Waals surface area (Å²) in [5, 5.41) is 3.78. The van der Waals surface area contributed by atoms with Gasteiger partial charge in [0, 0.05) is 38.5 Å². The molecule has 0 amide bonds. The molecule has 5 heteroatoms. The van der Waals surface area contributed by atoms with Crippen molar-refractivity contribution in [3.05, 3.63) is 24.4 Å². The van der Waals surface area contributed by atoms with Crippen molar-refractivity contribution in [3.8, 4) is 0 Å². The van der Waals surface area contributed by atoms with Gasteiger partial charge in [-0.2, -0.15) is 0 Å². The summed E-state index contributed by atoms with van der Waals surface area (Å²) in [7, 11) is -1.65. The fraction of sp³-hybridized carbons (Fsp3) is 0.706. The van der Waals surface area contributed by atoms with E-state index in [0.717, 1.165) is 38.5 Å². The molecule has 2 rings (SSSR count). The largest absolute Gasteiger partial charge is 0.417 e. The van der Waals surface area contributed by atoms with Gasteiger partial charge in [0.15, 0.2) is 8.32 Å². The molecule has 0 aromatic carbocycles. The van der Waals surface area contributed by atoms with E-state index in [1.165, 1.54) is 0 Å². The van der Waals surface area contributed by atoms with Crippen molar-refractivity contribution in [2.24, 2.45) is 0 Å². The van der Waals surface area contributed by atoms with Gasteiger partial charge in [-0.15, -0.1) is 0 Å². The van der Waals surface area contributed by atoms with E-state index in [1.54, 1.807) is 0 Å². The maximum Gasteiger partial charge on any atom is 0.191 e. The van der Waals surface area contributed by atoms with E-state index in [-0.39, 0.29) is 5.04 Å². The molecule has 2 heterocycles. The molecule has 1 aliphatic heterocycles. The van der Waals surface area contributed by atoms with Crippen LogP contribution in [0, 0.1) is 0 Å². The predicted octanol–water partition coefficient (Wildman–Crippen LogP) is 3.27. The maximum atomic E-state index is 6.34. The van der Waals surface area contributed by atoms with Crippen LogP contribution in [-0.2, 0) is 4.43 Å². The number of anilines is 1. The molecule has 1 fully saturated rings.